The zero-order chi connectivity index (χ0) is 20.4. The molecule has 1 aromatic rings. The molecule has 1 fully saturated rings. The lowest BCUT2D eigenvalue weighted by atomic mass is 10.2. The summed E-state index contributed by atoms with van der Waals surface area (Å²) in [5, 5.41) is 0. The molecule has 1 heterocycles. The zero-order valence-corrected chi connectivity index (χ0v) is 16.4. The molecule has 27 heavy (non-hydrogen) atoms. The number of nitrogens with zero attached hydrogens (tertiary/aromatic N) is 2. The topological polar surface area (TPSA) is 62.1 Å². The lowest BCUT2D eigenvalue weighted by molar-refractivity contribution is -0.896. The second-order valence-corrected chi connectivity index (χ2v) is 8.83. The number of quaternary nitrogens is 1. The molecule has 2 rings (SSSR count). The SMILES string of the molecule is CC(C)N(C)C(=O)C[NH+]1CCN(S(=O)(=O)c2ccccc2C(F)(F)F)CC1. The standard InChI is InChI=1S/C17H24F3N3O3S/c1-13(2)21(3)16(24)12-22-8-10-23(11-9-22)27(25,26)15-7-5-4-6-14(15)17(18,19)20/h4-7,13H,8-12H2,1-3H3/p+1. The maximum absolute atomic E-state index is 13.2. The van der Waals surface area contributed by atoms with Crippen molar-refractivity contribution in [2.45, 2.75) is 31.0 Å². The average molecular weight is 408 g/mol. The molecule has 0 radical (unpaired) electrons. The van der Waals surface area contributed by atoms with Crippen LogP contribution in [0.3, 0.4) is 0 Å². The summed E-state index contributed by atoms with van der Waals surface area (Å²) in [4.78, 5) is 14.0. The van der Waals surface area contributed by atoms with Crippen molar-refractivity contribution in [2.75, 3.05) is 39.8 Å². The molecule has 1 saturated heterocycles. The number of halogens is 3. The maximum atomic E-state index is 13.2. The molecule has 1 aliphatic rings. The third kappa shape index (κ3) is 4.99. The van der Waals surface area contributed by atoms with Crippen LogP contribution in [0.2, 0.25) is 0 Å². The highest BCUT2D eigenvalue weighted by atomic mass is 32.2. The number of sulfonamides is 1. The van der Waals surface area contributed by atoms with Crippen LogP contribution in [0.5, 0.6) is 0 Å². The fourth-order valence-electron chi connectivity index (χ4n) is 2.91. The van der Waals surface area contributed by atoms with Crippen LogP contribution < -0.4 is 4.90 Å². The normalized spacial score (nSPS) is 17.3. The van der Waals surface area contributed by atoms with E-state index in [0.717, 1.165) is 21.3 Å². The van der Waals surface area contributed by atoms with Crippen LogP contribution >= 0.6 is 0 Å². The van der Waals surface area contributed by atoms with Gasteiger partial charge in [-0.1, -0.05) is 12.1 Å². The van der Waals surface area contributed by atoms with Crippen LogP contribution in [0.25, 0.3) is 0 Å². The Hall–Kier alpha value is -1.65. The molecule has 0 atom stereocenters. The van der Waals surface area contributed by atoms with E-state index in [4.69, 9.17) is 0 Å². The highest BCUT2D eigenvalue weighted by Gasteiger charge is 2.40. The first-order valence-electron chi connectivity index (χ1n) is 8.70. The Balaban J connectivity index is 2.09. The summed E-state index contributed by atoms with van der Waals surface area (Å²) in [5.41, 5.74) is -1.16. The predicted molar refractivity (Wildman–Crippen MR) is 93.7 cm³/mol. The van der Waals surface area contributed by atoms with Crippen molar-refractivity contribution in [2.24, 2.45) is 0 Å². The number of carbonyl (C=O) groups excluding carboxylic acids is 1. The number of hydrogen-bond donors (Lipinski definition) is 1. The second kappa shape index (κ2) is 8.15. The molecule has 1 aromatic carbocycles. The number of alkyl halides is 3. The van der Waals surface area contributed by atoms with Gasteiger partial charge in [-0.2, -0.15) is 17.5 Å². The number of benzene rings is 1. The number of likely N-dealkylation sites (N-methyl/N-ethyl adjacent to an activating group) is 1. The van der Waals surface area contributed by atoms with Crippen molar-refractivity contribution in [1.29, 1.82) is 0 Å². The van der Waals surface area contributed by atoms with E-state index in [1.54, 1.807) is 11.9 Å². The minimum absolute atomic E-state index is 0.0428. The van der Waals surface area contributed by atoms with E-state index in [0.29, 0.717) is 13.1 Å². The monoisotopic (exact) mass is 408 g/mol. The minimum atomic E-state index is -4.75. The first-order valence-corrected chi connectivity index (χ1v) is 10.1. The van der Waals surface area contributed by atoms with Crippen LogP contribution in [0, 0.1) is 0 Å². The van der Waals surface area contributed by atoms with Gasteiger partial charge in [0.05, 0.1) is 36.6 Å². The van der Waals surface area contributed by atoms with Crippen molar-refractivity contribution in [3.8, 4) is 0 Å². The third-order valence-electron chi connectivity index (χ3n) is 4.81. The van der Waals surface area contributed by atoms with Crippen molar-refractivity contribution in [3.05, 3.63) is 29.8 Å². The molecule has 6 nitrogen and oxygen atoms in total. The molecule has 0 aromatic heterocycles. The van der Waals surface area contributed by atoms with Crippen molar-refractivity contribution in [1.82, 2.24) is 9.21 Å². The molecule has 1 N–H and O–H groups in total. The molecular formula is C17H25F3N3O3S+. The van der Waals surface area contributed by atoms with E-state index in [1.807, 2.05) is 13.8 Å². The lowest BCUT2D eigenvalue weighted by Gasteiger charge is -2.32. The van der Waals surface area contributed by atoms with Crippen molar-refractivity contribution >= 4 is 15.9 Å². The highest BCUT2D eigenvalue weighted by molar-refractivity contribution is 7.89. The first-order chi connectivity index (χ1) is 12.4. The quantitative estimate of drug-likeness (QED) is 0.770. The van der Waals surface area contributed by atoms with Gasteiger partial charge in [0.1, 0.15) is 0 Å². The summed E-state index contributed by atoms with van der Waals surface area (Å²) in [7, 11) is -2.54. The molecule has 1 amide bonds. The Bertz CT molecular complexity index is 773. The van der Waals surface area contributed by atoms with E-state index < -0.39 is 26.7 Å². The summed E-state index contributed by atoms with van der Waals surface area (Å²) in [6.07, 6.45) is -4.75. The second-order valence-electron chi connectivity index (χ2n) is 6.92. The molecular weight excluding hydrogens is 383 g/mol. The summed E-state index contributed by atoms with van der Waals surface area (Å²) >= 11 is 0. The van der Waals surface area contributed by atoms with Gasteiger partial charge in [-0.3, -0.25) is 4.79 Å². The van der Waals surface area contributed by atoms with Crippen LogP contribution in [0.4, 0.5) is 13.2 Å². The van der Waals surface area contributed by atoms with Gasteiger partial charge < -0.3 is 9.80 Å². The van der Waals surface area contributed by atoms with E-state index in [1.165, 1.54) is 12.1 Å². The van der Waals surface area contributed by atoms with Gasteiger partial charge in [0.25, 0.3) is 5.91 Å². The van der Waals surface area contributed by atoms with E-state index in [-0.39, 0.29) is 31.6 Å². The highest BCUT2D eigenvalue weighted by Crippen LogP contribution is 2.35. The summed E-state index contributed by atoms with van der Waals surface area (Å²) in [6.45, 7) is 4.91. The number of amides is 1. The fraction of sp³-hybridized carbons (Fsp3) is 0.588. The molecule has 0 aliphatic carbocycles. The van der Waals surface area contributed by atoms with Gasteiger partial charge >= 0.3 is 6.18 Å². The Morgan fingerprint density at radius 2 is 1.78 bits per heavy atom. The molecule has 152 valence electrons. The number of piperazine rings is 1. The Morgan fingerprint density at radius 3 is 2.30 bits per heavy atom. The Morgan fingerprint density at radius 1 is 1.22 bits per heavy atom. The summed E-state index contributed by atoms with van der Waals surface area (Å²) < 4.78 is 66.0. The van der Waals surface area contributed by atoms with Gasteiger partial charge in [0.15, 0.2) is 6.54 Å². The van der Waals surface area contributed by atoms with Gasteiger partial charge in [-0.15, -0.1) is 0 Å². The maximum Gasteiger partial charge on any atom is 0.417 e. The minimum Gasteiger partial charge on any atom is -0.338 e. The fourth-order valence-corrected chi connectivity index (χ4v) is 4.56. The molecule has 10 heteroatoms. The van der Waals surface area contributed by atoms with Crippen LogP contribution in [0.15, 0.2) is 29.2 Å². The van der Waals surface area contributed by atoms with Gasteiger partial charge in [0.2, 0.25) is 10.0 Å². The Labute approximate surface area is 157 Å². The smallest absolute Gasteiger partial charge is 0.338 e. The van der Waals surface area contributed by atoms with Gasteiger partial charge in [-0.25, -0.2) is 8.42 Å². The number of rotatable bonds is 5. The van der Waals surface area contributed by atoms with Gasteiger partial charge in [-0.05, 0) is 26.0 Å². The van der Waals surface area contributed by atoms with E-state index in [2.05, 4.69) is 0 Å². The number of hydrogen-bond acceptors (Lipinski definition) is 3. The average Bonchev–Trinajstić information content (AvgIpc) is 2.60. The van der Waals surface area contributed by atoms with Crippen LogP contribution in [0.1, 0.15) is 19.4 Å². The van der Waals surface area contributed by atoms with Gasteiger partial charge in [0, 0.05) is 13.1 Å². The number of carbonyl (C=O) groups is 1. The lowest BCUT2D eigenvalue weighted by Crippen LogP contribution is -3.15. The Kier molecular flexibility index (Phi) is 6.54. The molecule has 0 spiro atoms. The molecule has 1 aliphatic heterocycles. The van der Waals surface area contributed by atoms with E-state index in [9.17, 15) is 26.4 Å². The molecule has 0 unspecified atom stereocenters. The van der Waals surface area contributed by atoms with Crippen LogP contribution in [-0.4, -0.2) is 69.3 Å². The summed E-state index contributed by atoms with van der Waals surface area (Å²) in [5.74, 6) is -0.0428. The summed E-state index contributed by atoms with van der Waals surface area (Å²) in [6, 6.07) is 4.27. The van der Waals surface area contributed by atoms with E-state index >= 15 is 0 Å². The first kappa shape index (κ1) is 21.6. The largest absolute Gasteiger partial charge is 0.417 e. The van der Waals surface area contributed by atoms with Crippen molar-refractivity contribution in [3.63, 3.8) is 0 Å². The number of nitrogens with one attached hydrogen (secondary N) is 1. The van der Waals surface area contributed by atoms with Crippen LogP contribution in [-0.2, 0) is 21.0 Å². The predicted octanol–water partition coefficient (Wildman–Crippen LogP) is 0.461. The molecule has 0 bridgehead atoms. The zero-order valence-electron chi connectivity index (χ0n) is 15.6. The van der Waals surface area contributed by atoms with Crippen molar-refractivity contribution < 1.29 is 31.3 Å². The third-order valence-corrected chi connectivity index (χ3v) is 6.77. The molecule has 0 saturated carbocycles.